The highest BCUT2D eigenvalue weighted by molar-refractivity contribution is 7.92. The van der Waals surface area contributed by atoms with Crippen molar-refractivity contribution in [2.75, 3.05) is 30.7 Å². The normalized spacial score (nSPS) is 19.0. The van der Waals surface area contributed by atoms with E-state index in [1.807, 2.05) is 0 Å². The molecule has 1 atom stereocenters. The van der Waals surface area contributed by atoms with Gasteiger partial charge in [0, 0.05) is 6.54 Å². The average molecular weight is 333 g/mol. The highest BCUT2D eigenvalue weighted by Crippen LogP contribution is 2.07. The molecule has 1 amide bonds. The lowest BCUT2D eigenvalue weighted by molar-refractivity contribution is -0.159. The molecule has 0 saturated carbocycles. The molecule has 2 N–H and O–H groups in total. The molecule has 122 valence electrons. The summed E-state index contributed by atoms with van der Waals surface area (Å²) in [7, 11) is -3.47. The zero-order valence-corrected chi connectivity index (χ0v) is 12.5. The number of anilines is 1. The first-order valence-corrected chi connectivity index (χ1v) is 8.14. The fourth-order valence-electron chi connectivity index (χ4n) is 1.86. The zero-order valence-electron chi connectivity index (χ0n) is 11.7. The lowest BCUT2D eigenvalue weighted by Crippen LogP contribution is -2.49. The van der Waals surface area contributed by atoms with Crippen LogP contribution in [0.2, 0.25) is 0 Å². The molecule has 0 aliphatic carbocycles. The van der Waals surface area contributed by atoms with Crippen molar-refractivity contribution in [2.24, 2.45) is 0 Å². The number of nitrogens with zero attached hydrogens (tertiary/aromatic N) is 4. The summed E-state index contributed by atoms with van der Waals surface area (Å²) in [5, 5.41) is 16.5. The van der Waals surface area contributed by atoms with Crippen LogP contribution in [0.15, 0.2) is 6.20 Å². The van der Waals surface area contributed by atoms with Crippen molar-refractivity contribution >= 4 is 27.7 Å². The third kappa shape index (κ3) is 4.39. The van der Waals surface area contributed by atoms with Crippen LogP contribution in [0.3, 0.4) is 0 Å². The predicted octanol–water partition coefficient (Wildman–Crippen LogP) is -2.04. The number of ether oxygens (including phenoxy) is 1. The molecule has 1 aromatic heterocycles. The second-order valence-corrected chi connectivity index (χ2v) is 6.42. The van der Waals surface area contributed by atoms with E-state index in [0.717, 1.165) is 11.1 Å². The van der Waals surface area contributed by atoms with Gasteiger partial charge in [0.25, 0.3) is 0 Å². The number of sulfonamides is 1. The molecule has 1 saturated heterocycles. The van der Waals surface area contributed by atoms with E-state index in [0.29, 0.717) is 0 Å². The predicted molar refractivity (Wildman–Crippen MR) is 72.4 cm³/mol. The van der Waals surface area contributed by atoms with Crippen molar-refractivity contribution < 1.29 is 27.9 Å². The van der Waals surface area contributed by atoms with Crippen LogP contribution >= 0.6 is 0 Å². The quantitative estimate of drug-likeness (QED) is 0.627. The molecule has 2 rings (SSSR count). The Morgan fingerprint density at radius 3 is 2.91 bits per heavy atom. The Morgan fingerprint density at radius 1 is 1.55 bits per heavy atom. The fraction of sp³-hybridized carbons (Fsp3) is 0.600. The molecule has 0 radical (unpaired) electrons. The second kappa shape index (κ2) is 6.27. The molecule has 12 heteroatoms. The molecular formula is C10H15N5O6S. The molecular weight excluding hydrogens is 318 g/mol. The Labute approximate surface area is 125 Å². The van der Waals surface area contributed by atoms with Gasteiger partial charge < -0.3 is 14.7 Å². The van der Waals surface area contributed by atoms with Gasteiger partial charge in [0.05, 0.1) is 25.6 Å². The molecule has 1 aromatic rings. The smallest absolute Gasteiger partial charge is 0.334 e. The highest BCUT2D eigenvalue weighted by atomic mass is 32.2. The number of amides is 1. The van der Waals surface area contributed by atoms with Gasteiger partial charge in [-0.2, -0.15) is 9.90 Å². The zero-order chi connectivity index (χ0) is 16.3. The van der Waals surface area contributed by atoms with Crippen LogP contribution in [0, 0.1) is 0 Å². The van der Waals surface area contributed by atoms with E-state index >= 15 is 0 Å². The summed E-state index contributed by atoms with van der Waals surface area (Å²) in [5.41, 5.74) is 0. The Morgan fingerprint density at radius 2 is 2.27 bits per heavy atom. The standard InChI is InChI=1S/C10H15N5O6S/c1-22(19,20)13-8-4-11-15(12-8)6-9(16)14-2-3-21-7(5-14)10(17)18/h4,7H,2-3,5-6H2,1H3,(H,12,13)(H,17,18). The van der Waals surface area contributed by atoms with E-state index < -0.39 is 22.1 Å². The molecule has 1 fully saturated rings. The fourth-order valence-corrected chi connectivity index (χ4v) is 2.33. The highest BCUT2D eigenvalue weighted by Gasteiger charge is 2.29. The first-order chi connectivity index (χ1) is 10.2. The topological polar surface area (TPSA) is 144 Å². The second-order valence-electron chi connectivity index (χ2n) is 4.67. The van der Waals surface area contributed by atoms with E-state index in [9.17, 15) is 18.0 Å². The van der Waals surface area contributed by atoms with Crippen molar-refractivity contribution in [3.05, 3.63) is 6.20 Å². The van der Waals surface area contributed by atoms with E-state index in [1.54, 1.807) is 0 Å². The molecule has 0 spiro atoms. The third-order valence-corrected chi connectivity index (χ3v) is 3.38. The van der Waals surface area contributed by atoms with Gasteiger partial charge in [0.2, 0.25) is 15.9 Å². The largest absolute Gasteiger partial charge is 0.479 e. The van der Waals surface area contributed by atoms with Crippen LogP contribution in [-0.4, -0.2) is 77.4 Å². The Balaban J connectivity index is 1.96. The number of hydrogen-bond acceptors (Lipinski definition) is 7. The molecule has 22 heavy (non-hydrogen) atoms. The van der Waals surface area contributed by atoms with Crippen molar-refractivity contribution in [2.45, 2.75) is 12.6 Å². The van der Waals surface area contributed by atoms with E-state index in [4.69, 9.17) is 9.84 Å². The summed E-state index contributed by atoms with van der Waals surface area (Å²) in [4.78, 5) is 25.3. The van der Waals surface area contributed by atoms with Gasteiger partial charge in [-0.3, -0.25) is 9.52 Å². The number of aromatic nitrogens is 3. The van der Waals surface area contributed by atoms with Gasteiger partial charge in [-0.05, 0) is 0 Å². The number of aliphatic carboxylic acids is 1. The molecule has 0 aromatic carbocycles. The number of hydrogen-bond donors (Lipinski definition) is 2. The number of carboxylic acids is 1. The minimum absolute atomic E-state index is 0.000639. The lowest BCUT2D eigenvalue weighted by Gasteiger charge is -2.30. The summed E-state index contributed by atoms with van der Waals surface area (Å²) < 4.78 is 29.2. The SMILES string of the molecule is CS(=O)(=O)Nc1cnn(CC(=O)N2CCOC(C(=O)O)C2)n1. The molecule has 1 unspecified atom stereocenters. The van der Waals surface area contributed by atoms with Crippen LogP contribution in [0.4, 0.5) is 5.82 Å². The van der Waals surface area contributed by atoms with Crippen molar-refractivity contribution in [1.82, 2.24) is 19.9 Å². The lowest BCUT2D eigenvalue weighted by atomic mass is 10.2. The van der Waals surface area contributed by atoms with Crippen LogP contribution in [0.5, 0.6) is 0 Å². The Kier molecular flexibility index (Phi) is 4.61. The first-order valence-electron chi connectivity index (χ1n) is 6.25. The monoisotopic (exact) mass is 333 g/mol. The number of nitrogens with one attached hydrogen (secondary N) is 1. The maximum Gasteiger partial charge on any atom is 0.334 e. The van der Waals surface area contributed by atoms with Crippen LogP contribution in [0.1, 0.15) is 0 Å². The maximum atomic E-state index is 12.1. The molecule has 11 nitrogen and oxygen atoms in total. The summed E-state index contributed by atoms with van der Waals surface area (Å²) in [6.45, 7) is 0.135. The average Bonchev–Trinajstić information content (AvgIpc) is 2.83. The van der Waals surface area contributed by atoms with E-state index in [2.05, 4.69) is 14.9 Å². The molecule has 1 aliphatic rings. The van der Waals surface area contributed by atoms with Gasteiger partial charge in [0.15, 0.2) is 11.9 Å². The Hall–Kier alpha value is -2.21. The van der Waals surface area contributed by atoms with E-state index in [-0.39, 0.29) is 38.0 Å². The summed E-state index contributed by atoms with van der Waals surface area (Å²) in [6, 6.07) is 0. The number of carboxylic acid groups (broad SMARTS) is 1. The third-order valence-electron chi connectivity index (χ3n) is 2.80. The Bertz CT molecular complexity index is 671. The molecule has 2 heterocycles. The molecule has 1 aliphatic heterocycles. The molecule has 0 bridgehead atoms. The number of carbonyl (C=O) groups is 2. The summed E-state index contributed by atoms with van der Waals surface area (Å²) in [6.07, 6.45) is 1.09. The van der Waals surface area contributed by atoms with Gasteiger partial charge in [-0.1, -0.05) is 0 Å². The van der Waals surface area contributed by atoms with Gasteiger partial charge in [0.1, 0.15) is 6.54 Å². The minimum Gasteiger partial charge on any atom is -0.479 e. The van der Waals surface area contributed by atoms with Crippen LogP contribution in [-0.2, 0) is 30.9 Å². The van der Waals surface area contributed by atoms with E-state index in [1.165, 1.54) is 11.1 Å². The van der Waals surface area contributed by atoms with Crippen LogP contribution < -0.4 is 4.72 Å². The van der Waals surface area contributed by atoms with Crippen molar-refractivity contribution in [3.63, 3.8) is 0 Å². The van der Waals surface area contributed by atoms with Crippen molar-refractivity contribution in [3.8, 4) is 0 Å². The summed E-state index contributed by atoms with van der Waals surface area (Å²) in [5.74, 6) is -1.51. The number of rotatable bonds is 5. The minimum atomic E-state index is -3.47. The maximum absolute atomic E-state index is 12.1. The summed E-state index contributed by atoms with van der Waals surface area (Å²) >= 11 is 0. The van der Waals surface area contributed by atoms with Crippen LogP contribution in [0.25, 0.3) is 0 Å². The first kappa shape index (κ1) is 16.2. The number of morpholine rings is 1. The number of carbonyl (C=O) groups excluding carboxylic acids is 1. The van der Waals surface area contributed by atoms with Crippen molar-refractivity contribution in [1.29, 1.82) is 0 Å². The van der Waals surface area contributed by atoms with Gasteiger partial charge in [-0.25, -0.2) is 13.2 Å². The van der Waals surface area contributed by atoms with Gasteiger partial charge in [-0.15, -0.1) is 5.10 Å². The van der Waals surface area contributed by atoms with Gasteiger partial charge >= 0.3 is 5.97 Å².